The van der Waals surface area contributed by atoms with Gasteiger partial charge in [-0.05, 0) is 35.7 Å². The van der Waals surface area contributed by atoms with Crippen LogP contribution in [0.25, 0.3) is 0 Å². The molecule has 2 aromatic rings. The lowest BCUT2D eigenvalue weighted by Crippen LogP contribution is -2.22. The van der Waals surface area contributed by atoms with Crippen LogP contribution in [0, 0.1) is 5.82 Å². The molecule has 1 aliphatic carbocycles. The Labute approximate surface area is 113 Å². The standard InChI is InChI=1S/C15H14FNOS/c16-12-5-6-14(17)15(8-12)19(18)9-11-7-10-3-1-2-4-13(10)11/h1-6,8,11H,7,9,17H2. The summed E-state index contributed by atoms with van der Waals surface area (Å²) in [7, 11) is -1.26. The Balaban J connectivity index is 1.79. The van der Waals surface area contributed by atoms with E-state index in [0.717, 1.165) is 6.42 Å². The van der Waals surface area contributed by atoms with Crippen LogP contribution in [0.4, 0.5) is 10.1 Å². The Kier molecular flexibility index (Phi) is 3.11. The third kappa shape index (κ3) is 2.28. The first-order valence-electron chi connectivity index (χ1n) is 6.16. The van der Waals surface area contributed by atoms with Crippen LogP contribution < -0.4 is 5.73 Å². The summed E-state index contributed by atoms with van der Waals surface area (Å²) >= 11 is 0. The van der Waals surface area contributed by atoms with Gasteiger partial charge in [0.2, 0.25) is 0 Å². The highest BCUT2D eigenvalue weighted by atomic mass is 32.2. The first-order valence-corrected chi connectivity index (χ1v) is 7.48. The van der Waals surface area contributed by atoms with E-state index in [1.165, 1.54) is 29.3 Å². The summed E-state index contributed by atoms with van der Waals surface area (Å²) in [6.45, 7) is 0. The van der Waals surface area contributed by atoms with E-state index >= 15 is 0 Å². The lowest BCUT2D eigenvalue weighted by atomic mass is 9.79. The molecule has 19 heavy (non-hydrogen) atoms. The van der Waals surface area contributed by atoms with Gasteiger partial charge in [0.15, 0.2) is 0 Å². The first kappa shape index (κ1) is 12.4. The zero-order chi connectivity index (χ0) is 13.4. The van der Waals surface area contributed by atoms with Gasteiger partial charge in [-0.25, -0.2) is 4.39 Å². The summed E-state index contributed by atoms with van der Waals surface area (Å²) in [5.41, 5.74) is 8.73. The third-order valence-electron chi connectivity index (χ3n) is 3.53. The fraction of sp³-hybridized carbons (Fsp3) is 0.200. The molecule has 0 amide bonds. The summed E-state index contributed by atoms with van der Waals surface area (Å²) in [4.78, 5) is 0.407. The van der Waals surface area contributed by atoms with Crippen LogP contribution in [0.15, 0.2) is 47.4 Å². The van der Waals surface area contributed by atoms with E-state index in [1.54, 1.807) is 0 Å². The van der Waals surface area contributed by atoms with Crippen molar-refractivity contribution in [2.24, 2.45) is 0 Å². The van der Waals surface area contributed by atoms with Crippen molar-refractivity contribution in [1.82, 2.24) is 0 Å². The average Bonchev–Trinajstić information content (AvgIpc) is 2.38. The van der Waals surface area contributed by atoms with Crippen molar-refractivity contribution in [2.75, 3.05) is 11.5 Å². The molecule has 0 bridgehead atoms. The van der Waals surface area contributed by atoms with E-state index < -0.39 is 16.6 Å². The number of rotatable bonds is 3. The molecule has 2 N–H and O–H groups in total. The maximum Gasteiger partial charge on any atom is 0.124 e. The lowest BCUT2D eigenvalue weighted by Gasteiger charge is -2.29. The minimum Gasteiger partial charge on any atom is -0.398 e. The molecule has 4 heteroatoms. The van der Waals surface area contributed by atoms with Crippen LogP contribution in [-0.4, -0.2) is 9.96 Å². The van der Waals surface area contributed by atoms with Crippen molar-refractivity contribution < 1.29 is 8.60 Å². The van der Waals surface area contributed by atoms with Gasteiger partial charge >= 0.3 is 0 Å². The predicted molar refractivity (Wildman–Crippen MR) is 75.0 cm³/mol. The second-order valence-electron chi connectivity index (χ2n) is 4.79. The summed E-state index contributed by atoms with van der Waals surface area (Å²) in [6, 6.07) is 12.2. The van der Waals surface area contributed by atoms with Crippen molar-refractivity contribution in [3.8, 4) is 0 Å². The molecule has 2 unspecified atom stereocenters. The SMILES string of the molecule is Nc1ccc(F)cc1S(=O)CC1Cc2ccccc21. The van der Waals surface area contributed by atoms with Crippen molar-refractivity contribution in [2.45, 2.75) is 17.2 Å². The number of hydrogen-bond donors (Lipinski definition) is 1. The Bertz CT molecular complexity index is 656. The molecule has 1 aliphatic rings. The summed E-state index contributed by atoms with van der Waals surface area (Å²) in [5.74, 6) is 0.399. The van der Waals surface area contributed by atoms with Crippen LogP contribution in [0.2, 0.25) is 0 Å². The maximum absolute atomic E-state index is 13.2. The number of nitrogen functional groups attached to an aromatic ring is 1. The molecule has 0 fully saturated rings. The van der Waals surface area contributed by atoms with E-state index in [9.17, 15) is 8.60 Å². The minimum atomic E-state index is -1.26. The topological polar surface area (TPSA) is 43.1 Å². The molecule has 0 radical (unpaired) electrons. The van der Waals surface area contributed by atoms with E-state index in [0.29, 0.717) is 22.3 Å². The maximum atomic E-state index is 13.2. The number of fused-ring (bicyclic) bond motifs is 1. The van der Waals surface area contributed by atoms with Gasteiger partial charge < -0.3 is 5.73 Å². The molecule has 0 saturated carbocycles. The molecule has 0 heterocycles. The molecule has 0 spiro atoms. The van der Waals surface area contributed by atoms with Crippen molar-refractivity contribution >= 4 is 16.5 Å². The van der Waals surface area contributed by atoms with E-state index in [4.69, 9.17) is 5.73 Å². The fourth-order valence-electron chi connectivity index (χ4n) is 2.49. The van der Waals surface area contributed by atoms with Gasteiger partial charge in [-0.1, -0.05) is 24.3 Å². The van der Waals surface area contributed by atoms with Crippen molar-refractivity contribution in [1.29, 1.82) is 0 Å². The fourth-order valence-corrected chi connectivity index (χ4v) is 3.91. The Morgan fingerprint density at radius 1 is 1.26 bits per heavy atom. The van der Waals surface area contributed by atoms with Gasteiger partial charge in [0, 0.05) is 17.4 Å². The number of benzene rings is 2. The second kappa shape index (κ2) is 4.78. The third-order valence-corrected chi connectivity index (χ3v) is 5.08. The summed E-state index contributed by atoms with van der Waals surface area (Å²) in [5, 5.41) is 0. The van der Waals surface area contributed by atoms with Gasteiger partial charge in [-0.15, -0.1) is 0 Å². The Morgan fingerprint density at radius 3 is 2.84 bits per heavy atom. The highest BCUT2D eigenvalue weighted by molar-refractivity contribution is 7.85. The molecular formula is C15H14FNOS. The zero-order valence-corrected chi connectivity index (χ0v) is 11.1. The van der Waals surface area contributed by atoms with Gasteiger partial charge in [0.1, 0.15) is 5.82 Å². The van der Waals surface area contributed by atoms with E-state index in [-0.39, 0.29) is 0 Å². The molecule has 2 atom stereocenters. The van der Waals surface area contributed by atoms with Crippen LogP contribution in [0.3, 0.4) is 0 Å². The molecule has 98 valence electrons. The summed E-state index contributed by atoms with van der Waals surface area (Å²) in [6.07, 6.45) is 0.942. The van der Waals surface area contributed by atoms with Crippen LogP contribution in [-0.2, 0) is 17.2 Å². The number of halogens is 1. The van der Waals surface area contributed by atoms with Crippen molar-refractivity contribution in [3.63, 3.8) is 0 Å². The predicted octanol–water partition coefficient (Wildman–Crippen LogP) is 2.86. The van der Waals surface area contributed by atoms with Crippen LogP contribution in [0.5, 0.6) is 0 Å². The number of anilines is 1. The number of hydrogen-bond acceptors (Lipinski definition) is 2. The summed E-state index contributed by atoms with van der Waals surface area (Å²) < 4.78 is 25.5. The van der Waals surface area contributed by atoms with Crippen molar-refractivity contribution in [3.05, 3.63) is 59.4 Å². The average molecular weight is 275 g/mol. The molecule has 0 aliphatic heterocycles. The Hall–Kier alpha value is -1.68. The molecule has 3 rings (SSSR count). The second-order valence-corrected chi connectivity index (χ2v) is 6.26. The van der Waals surface area contributed by atoms with Gasteiger partial charge in [0.05, 0.1) is 15.7 Å². The first-order chi connectivity index (χ1) is 9.15. The van der Waals surface area contributed by atoms with Gasteiger partial charge in [0.25, 0.3) is 0 Å². The molecular weight excluding hydrogens is 261 g/mol. The monoisotopic (exact) mass is 275 g/mol. The smallest absolute Gasteiger partial charge is 0.124 e. The van der Waals surface area contributed by atoms with Gasteiger partial charge in [-0.3, -0.25) is 4.21 Å². The molecule has 2 aromatic carbocycles. The Morgan fingerprint density at radius 2 is 2.05 bits per heavy atom. The number of nitrogens with two attached hydrogens (primary N) is 1. The van der Waals surface area contributed by atoms with E-state index in [2.05, 4.69) is 12.1 Å². The largest absolute Gasteiger partial charge is 0.398 e. The minimum absolute atomic E-state index is 0.291. The van der Waals surface area contributed by atoms with Crippen LogP contribution >= 0.6 is 0 Å². The zero-order valence-electron chi connectivity index (χ0n) is 10.3. The lowest BCUT2D eigenvalue weighted by molar-refractivity contribution is 0.621. The molecule has 0 aromatic heterocycles. The van der Waals surface area contributed by atoms with E-state index in [1.807, 2.05) is 12.1 Å². The highest BCUT2D eigenvalue weighted by Gasteiger charge is 2.27. The molecule has 0 saturated heterocycles. The molecule has 2 nitrogen and oxygen atoms in total. The normalized spacial score (nSPS) is 18.5. The highest BCUT2D eigenvalue weighted by Crippen LogP contribution is 2.36. The van der Waals surface area contributed by atoms with Crippen LogP contribution in [0.1, 0.15) is 17.0 Å². The van der Waals surface area contributed by atoms with Gasteiger partial charge in [-0.2, -0.15) is 0 Å². The quantitative estimate of drug-likeness (QED) is 0.875.